The molecule has 0 bridgehead atoms. The van der Waals surface area contributed by atoms with Crippen molar-refractivity contribution in [3.05, 3.63) is 10.4 Å². The Labute approximate surface area is 128 Å². The van der Waals surface area contributed by atoms with Crippen LogP contribution in [-0.2, 0) is 0 Å². The van der Waals surface area contributed by atoms with E-state index in [-0.39, 0.29) is 16.8 Å². The molecule has 12 heteroatoms. The van der Waals surface area contributed by atoms with Crippen LogP contribution in [0.25, 0.3) is 0 Å². The standard InChI is InChI=1S/C9H12N8O2S2/c1-17(2-3-20)9-16-15-8(21-9)14-13-4-5(18)11-7(10)12-6(4)19/h20H,2-3H2,1H3,(H4,10,11,12,18,19). The molecule has 0 atom stereocenters. The summed E-state index contributed by atoms with van der Waals surface area (Å²) in [6.07, 6.45) is 0. The predicted octanol–water partition coefficient (Wildman–Crippen LogP) is 0.691. The van der Waals surface area contributed by atoms with Gasteiger partial charge in [-0.15, -0.1) is 20.4 Å². The van der Waals surface area contributed by atoms with E-state index in [9.17, 15) is 9.90 Å². The topological polar surface area (TPSA) is 146 Å². The molecule has 0 saturated heterocycles. The molecule has 21 heavy (non-hydrogen) atoms. The molecule has 0 spiro atoms. The number of nitrogens with zero attached hydrogens (tertiary/aromatic N) is 6. The van der Waals surface area contributed by atoms with E-state index < -0.39 is 11.4 Å². The van der Waals surface area contributed by atoms with Crippen LogP contribution in [0.4, 0.5) is 21.9 Å². The van der Waals surface area contributed by atoms with E-state index in [1.54, 1.807) is 0 Å². The number of aromatic nitrogens is 4. The molecule has 0 aliphatic rings. The number of hydrogen-bond acceptors (Lipinski definition) is 11. The molecular weight excluding hydrogens is 316 g/mol. The lowest BCUT2D eigenvalue weighted by atomic mass is 10.5. The Balaban J connectivity index is 2.21. The summed E-state index contributed by atoms with van der Waals surface area (Å²) in [4.78, 5) is 19.1. The number of aromatic amines is 1. The Hall–Kier alpha value is -2.21. The van der Waals surface area contributed by atoms with Gasteiger partial charge in [-0.25, -0.2) is 0 Å². The van der Waals surface area contributed by atoms with Gasteiger partial charge in [-0.05, 0) is 0 Å². The van der Waals surface area contributed by atoms with Gasteiger partial charge in [0.15, 0.2) is 0 Å². The molecule has 2 heterocycles. The summed E-state index contributed by atoms with van der Waals surface area (Å²) in [7, 11) is 1.85. The SMILES string of the molecule is CN(CCS)c1nnc(N=Nc2c(O)nc(N)[nH]c2=O)s1. The van der Waals surface area contributed by atoms with Crippen molar-refractivity contribution in [3.63, 3.8) is 0 Å². The highest BCUT2D eigenvalue weighted by Crippen LogP contribution is 2.27. The van der Waals surface area contributed by atoms with Gasteiger partial charge >= 0.3 is 0 Å². The number of nitrogen functional groups attached to an aromatic ring is 1. The number of aromatic hydroxyl groups is 1. The van der Waals surface area contributed by atoms with E-state index in [0.29, 0.717) is 17.4 Å². The van der Waals surface area contributed by atoms with Gasteiger partial charge in [0.2, 0.25) is 22.6 Å². The van der Waals surface area contributed by atoms with Gasteiger partial charge in [-0.1, -0.05) is 11.3 Å². The number of thiol groups is 1. The largest absolute Gasteiger partial charge is 0.491 e. The second-order valence-electron chi connectivity index (χ2n) is 3.84. The summed E-state index contributed by atoms with van der Waals surface area (Å²) in [5.74, 6) is -0.132. The highest BCUT2D eigenvalue weighted by atomic mass is 32.1. The third-order valence-corrected chi connectivity index (χ3v) is 3.42. The van der Waals surface area contributed by atoms with Crippen LogP contribution in [0.2, 0.25) is 0 Å². The van der Waals surface area contributed by atoms with Crippen molar-refractivity contribution in [1.82, 2.24) is 20.2 Å². The number of hydrogen-bond donors (Lipinski definition) is 4. The zero-order chi connectivity index (χ0) is 15.4. The molecule has 0 amide bonds. The Morgan fingerprint density at radius 3 is 2.90 bits per heavy atom. The lowest BCUT2D eigenvalue weighted by Crippen LogP contribution is -2.19. The minimum Gasteiger partial charge on any atom is -0.491 e. The van der Waals surface area contributed by atoms with Gasteiger partial charge in [0, 0.05) is 19.3 Å². The molecule has 0 fully saturated rings. The van der Waals surface area contributed by atoms with E-state index >= 15 is 0 Å². The van der Waals surface area contributed by atoms with Crippen molar-refractivity contribution < 1.29 is 5.11 Å². The quantitative estimate of drug-likeness (QED) is 0.466. The third-order valence-electron chi connectivity index (χ3n) is 2.30. The molecule has 0 aliphatic heterocycles. The average Bonchev–Trinajstić information content (AvgIpc) is 2.86. The lowest BCUT2D eigenvalue weighted by molar-refractivity contribution is 0.453. The number of nitrogens with two attached hydrogens (primary N) is 1. The summed E-state index contributed by atoms with van der Waals surface area (Å²) in [6.45, 7) is 0.706. The van der Waals surface area contributed by atoms with Crippen LogP contribution in [0, 0.1) is 0 Å². The summed E-state index contributed by atoms with van der Waals surface area (Å²) >= 11 is 5.31. The summed E-state index contributed by atoms with van der Waals surface area (Å²) in [5, 5.41) is 25.5. The molecule has 10 nitrogen and oxygen atoms in total. The van der Waals surface area contributed by atoms with Gasteiger partial charge in [-0.3, -0.25) is 9.78 Å². The molecule has 0 saturated carbocycles. The maximum Gasteiger partial charge on any atom is 0.284 e. The molecule has 2 aromatic rings. The van der Waals surface area contributed by atoms with Gasteiger partial charge in [0.25, 0.3) is 10.7 Å². The monoisotopic (exact) mass is 328 g/mol. The molecular formula is C9H12N8O2S2. The number of nitrogens with one attached hydrogen (secondary N) is 1. The molecule has 0 unspecified atom stereocenters. The lowest BCUT2D eigenvalue weighted by Gasteiger charge is -2.11. The second kappa shape index (κ2) is 6.49. The minimum absolute atomic E-state index is 0.206. The van der Waals surface area contributed by atoms with Crippen LogP contribution in [0.1, 0.15) is 0 Å². The first kappa shape index (κ1) is 15.2. The van der Waals surface area contributed by atoms with Crippen molar-refractivity contribution in [1.29, 1.82) is 0 Å². The maximum atomic E-state index is 11.5. The third kappa shape index (κ3) is 3.66. The first-order valence-corrected chi connectivity index (χ1v) is 7.12. The average molecular weight is 328 g/mol. The van der Waals surface area contributed by atoms with E-state index in [4.69, 9.17) is 5.73 Å². The molecule has 2 rings (SSSR count). The van der Waals surface area contributed by atoms with Crippen LogP contribution in [0.5, 0.6) is 5.88 Å². The van der Waals surface area contributed by atoms with Crippen LogP contribution in [0.3, 0.4) is 0 Å². The van der Waals surface area contributed by atoms with Crippen LogP contribution < -0.4 is 16.2 Å². The van der Waals surface area contributed by atoms with Gasteiger partial charge in [0.05, 0.1) is 0 Å². The van der Waals surface area contributed by atoms with E-state index in [0.717, 1.165) is 0 Å². The number of rotatable bonds is 5. The first-order chi connectivity index (χ1) is 10.0. The number of azo groups is 1. The Bertz CT molecular complexity index is 712. The summed E-state index contributed by atoms with van der Waals surface area (Å²) in [6, 6.07) is 0. The van der Waals surface area contributed by atoms with Crippen molar-refractivity contribution in [2.45, 2.75) is 0 Å². The van der Waals surface area contributed by atoms with Crippen LogP contribution in [0.15, 0.2) is 15.0 Å². The first-order valence-electron chi connectivity index (χ1n) is 5.67. The number of H-pyrrole nitrogens is 1. The van der Waals surface area contributed by atoms with Crippen molar-refractivity contribution in [3.8, 4) is 5.88 Å². The smallest absolute Gasteiger partial charge is 0.284 e. The fourth-order valence-corrected chi connectivity index (χ4v) is 2.26. The fraction of sp³-hybridized carbons (Fsp3) is 0.333. The van der Waals surface area contributed by atoms with E-state index in [2.05, 4.69) is 43.0 Å². The Morgan fingerprint density at radius 1 is 1.48 bits per heavy atom. The second-order valence-corrected chi connectivity index (χ2v) is 5.22. The fourth-order valence-electron chi connectivity index (χ4n) is 1.30. The zero-order valence-corrected chi connectivity index (χ0v) is 12.6. The van der Waals surface area contributed by atoms with Crippen LogP contribution >= 0.6 is 24.0 Å². The predicted molar refractivity (Wildman–Crippen MR) is 82.1 cm³/mol. The van der Waals surface area contributed by atoms with Crippen molar-refractivity contribution in [2.24, 2.45) is 10.2 Å². The molecule has 4 N–H and O–H groups in total. The Kier molecular flexibility index (Phi) is 4.70. The summed E-state index contributed by atoms with van der Waals surface area (Å²) in [5.41, 5.74) is 4.23. The minimum atomic E-state index is -0.694. The summed E-state index contributed by atoms with van der Waals surface area (Å²) < 4.78 is 0. The van der Waals surface area contributed by atoms with Gasteiger partial charge in [0.1, 0.15) is 0 Å². The highest BCUT2D eigenvalue weighted by Gasteiger charge is 2.11. The molecule has 0 aromatic carbocycles. The molecule has 2 aromatic heterocycles. The number of anilines is 2. The van der Waals surface area contributed by atoms with Crippen molar-refractivity contribution >= 4 is 45.9 Å². The van der Waals surface area contributed by atoms with Gasteiger partial charge < -0.3 is 15.7 Å². The zero-order valence-electron chi connectivity index (χ0n) is 10.9. The van der Waals surface area contributed by atoms with Gasteiger partial charge in [-0.2, -0.15) is 17.6 Å². The van der Waals surface area contributed by atoms with E-state index in [1.165, 1.54) is 11.3 Å². The molecule has 0 aliphatic carbocycles. The Morgan fingerprint density at radius 2 is 2.24 bits per heavy atom. The van der Waals surface area contributed by atoms with Crippen LogP contribution in [-0.4, -0.2) is 44.6 Å². The normalized spacial score (nSPS) is 11.1. The molecule has 0 radical (unpaired) electrons. The molecule has 112 valence electrons. The van der Waals surface area contributed by atoms with Crippen molar-refractivity contribution in [2.75, 3.05) is 30.0 Å². The highest BCUT2D eigenvalue weighted by molar-refractivity contribution is 7.80. The maximum absolute atomic E-state index is 11.5. The van der Waals surface area contributed by atoms with E-state index in [1.807, 2.05) is 11.9 Å².